The fourth-order valence-electron chi connectivity index (χ4n) is 2.67. The molecule has 1 amide bonds. The molecule has 3 rings (SSSR count). The smallest absolute Gasteiger partial charge is 0.255 e. The fraction of sp³-hybridized carbons (Fsp3) is 0.174. The van der Waals surface area contributed by atoms with Crippen LogP contribution in [0.4, 0.5) is 4.39 Å². The summed E-state index contributed by atoms with van der Waals surface area (Å²) in [4.78, 5) is 12.6. The highest BCUT2D eigenvalue weighted by molar-refractivity contribution is 7.98. The van der Waals surface area contributed by atoms with Gasteiger partial charge < -0.3 is 10.1 Å². The number of thioether (sulfide) groups is 1. The minimum atomic E-state index is -0.248. The van der Waals surface area contributed by atoms with Gasteiger partial charge in [0.25, 0.3) is 5.91 Å². The van der Waals surface area contributed by atoms with Crippen molar-refractivity contribution in [2.45, 2.75) is 12.4 Å². The van der Waals surface area contributed by atoms with E-state index in [1.807, 2.05) is 36.4 Å². The monoisotopic (exact) mass is 429 g/mol. The number of rotatable bonds is 9. The summed E-state index contributed by atoms with van der Waals surface area (Å²) in [6.45, 7) is 0.823. The molecule has 0 saturated carbocycles. The molecule has 0 fully saturated rings. The van der Waals surface area contributed by atoms with Crippen LogP contribution in [-0.4, -0.2) is 18.2 Å². The van der Waals surface area contributed by atoms with Gasteiger partial charge >= 0.3 is 0 Å². The number of carbonyl (C=O) groups is 1. The summed E-state index contributed by atoms with van der Waals surface area (Å²) in [5.74, 6) is 1.26. The molecular weight excluding hydrogens is 409 g/mol. The molecular formula is C23H21ClFNO2S. The van der Waals surface area contributed by atoms with E-state index in [9.17, 15) is 9.18 Å². The van der Waals surface area contributed by atoms with Crippen molar-refractivity contribution in [2.75, 3.05) is 12.3 Å². The summed E-state index contributed by atoms with van der Waals surface area (Å²) in [5.41, 5.74) is 2.07. The molecule has 3 aromatic carbocycles. The van der Waals surface area contributed by atoms with Gasteiger partial charge in [0.15, 0.2) is 0 Å². The van der Waals surface area contributed by atoms with Gasteiger partial charge in [0.1, 0.15) is 18.2 Å². The third-order valence-electron chi connectivity index (χ3n) is 4.17. The molecule has 0 bridgehead atoms. The lowest BCUT2D eigenvalue weighted by molar-refractivity contribution is 0.0951. The first-order chi connectivity index (χ1) is 14.1. The molecule has 3 aromatic rings. The van der Waals surface area contributed by atoms with Crippen LogP contribution in [0.3, 0.4) is 0 Å². The summed E-state index contributed by atoms with van der Waals surface area (Å²) in [6, 6.07) is 21.4. The first kappa shape index (κ1) is 21.2. The van der Waals surface area contributed by atoms with Gasteiger partial charge in [0, 0.05) is 23.1 Å². The van der Waals surface area contributed by atoms with E-state index in [-0.39, 0.29) is 11.7 Å². The highest BCUT2D eigenvalue weighted by Crippen LogP contribution is 2.24. The van der Waals surface area contributed by atoms with E-state index in [0.717, 1.165) is 5.56 Å². The Morgan fingerprint density at radius 3 is 2.59 bits per heavy atom. The van der Waals surface area contributed by atoms with E-state index in [2.05, 4.69) is 5.32 Å². The summed E-state index contributed by atoms with van der Waals surface area (Å²) >= 11 is 7.63. The molecule has 6 heteroatoms. The molecule has 0 saturated heterocycles. The fourth-order valence-corrected chi connectivity index (χ4v) is 3.69. The van der Waals surface area contributed by atoms with Crippen LogP contribution < -0.4 is 10.1 Å². The van der Waals surface area contributed by atoms with Crippen molar-refractivity contribution >= 4 is 29.3 Å². The number of carbonyl (C=O) groups excluding carboxylic acids is 1. The zero-order chi connectivity index (χ0) is 20.5. The van der Waals surface area contributed by atoms with E-state index in [1.165, 1.54) is 6.07 Å². The van der Waals surface area contributed by atoms with Gasteiger partial charge in [0.2, 0.25) is 0 Å². The molecule has 0 heterocycles. The van der Waals surface area contributed by atoms with Gasteiger partial charge in [-0.1, -0.05) is 60.1 Å². The number of halogens is 2. The van der Waals surface area contributed by atoms with Crippen LogP contribution >= 0.6 is 23.4 Å². The number of amides is 1. The highest BCUT2D eigenvalue weighted by Gasteiger charge is 2.13. The molecule has 1 N–H and O–H groups in total. The summed E-state index contributed by atoms with van der Waals surface area (Å²) in [6.07, 6.45) is 0. The van der Waals surface area contributed by atoms with E-state index in [0.29, 0.717) is 46.6 Å². The Labute approximate surface area is 179 Å². The lowest BCUT2D eigenvalue weighted by Gasteiger charge is -2.12. The van der Waals surface area contributed by atoms with Crippen LogP contribution in [-0.2, 0) is 12.4 Å². The maximum Gasteiger partial charge on any atom is 0.255 e. The quantitative estimate of drug-likeness (QED) is 0.442. The van der Waals surface area contributed by atoms with Crippen molar-refractivity contribution in [1.82, 2.24) is 5.32 Å². The Hall–Kier alpha value is -2.50. The second-order valence-corrected chi connectivity index (χ2v) is 7.86. The molecule has 0 radical (unpaired) electrons. The van der Waals surface area contributed by atoms with Crippen molar-refractivity contribution in [1.29, 1.82) is 0 Å². The summed E-state index contributed by atoms with van der Waals surface area (Å²) in [7, 11) is 0. The Bertz CT molecular complexity index is 953. The van der Waals surface area contributed by atoms with Crippen LogP contribution in [0.15, 0.2) is 72.8 Å². The van der Waals surface area contributed by atoms with Crippen molar-refractivity contribution in [2.24, 2.45) is 0 Å². The number of hydrogen-bond donors (Lipinski definition) is 1. The maximum atomic E-state index is 13.6. The van der Waals surface area contributed by atoms with Crippen LogP contribution in [0.25, 0.3) is 0 Å². The third kappa shape index (κ3) is 6.51. The van der Waals surface area contributed by atoms with Gasteiger partial charge in [-0.3, -0.25) is 4.79 Å². The minimum Gasteiger partial charge on any atom is -0.488 e. The molecule has 0 aliphatic rings. The van der Waals surface area contributed by atoms with E-state index in [4.69, 9.17) is 16.3 Å². The molecule has 150 valence electrons. The van der Waals surface area contributed by atoms with Crippen molar-refractivity contribution < 1.29 is 13.9 Å². The average Bonchev–Trinajstić information content (AvgIpc) is 2.74. The predicted octanol–water partition coefficient (Wildman–Crippen LogP) is 5.72. The second kappa shape index (κ2) is 10.9. The predicted molar refractivity (Wildman–Crippen MR) is 117 cm³/mol. The molecule has 29 heavy (non-hydrogen) atoms. The van der Waals surface area contributed by atoms with Gasteiger partial charge in [-0.05, 0) is 35.4 Å². The van der Waals surface area contributed by atoms with Crippen LogP contribution in [0.1, 0.15) is 21.5 Å². The number of ether oxygens (including phenoxy) is 1. The molecule has 0 unspecified atom stereocenters. The lowest BCUT2D eigenvalue weighted by atomic mass is 10.2. The number of benzene rings is 3. The van der Waals surface area contributed by atoms with Gasteiger partial charge in [0.05, 0.1) is 5.56 Å². The van der Waals surface area contributed by atoms with E-state index < -0.39 is 0 Å². The molecule has 0 atom stereocenters. The topological polar surface area (TPSA) is 38.3 Å². The molecule has 0 aliphatic carbocycles. The number of hydrogen-bond acceptors (Lipinski definition) is 3. The molecule has 0 aliphatic heterocycles. The summed E-state index contributed by atoms with van der Waals surface area (Å²) in [5, 5.41) is 3.34. The zero-order valence-corrected chi connectivity index (χ0v) is 17.3. The minimum absolute atomic E-state index is 0.205. The maximum absolute atomic E-state index is 13.6. The average molecular weight is 430 g/mol. The van der Waals surface area contributed by atoms with Crippen LogP contribution in [0, 0.1) is 5.82 Å². The van der Waals surface area contributed by atoms with Crippen molar-refractivity contribution in [3.63, 3.8) is 0 Å². The SMILES string of the molecule is O=C(NCCSCc1ccccc1F)c1cc(Cl)ccc1OCc1ccccc1. The first-order valence-corrected chi connectivity index (χ1v) is 10.7. The van der Waals surface area contributed by atoms with Gasteiger partial charge in [-0.2, -0.15) is 11.8 Å². The lowest BCUT2D eigenvalue weighted by Crippen LogP contribution is -2.26. The van der Waals surface area contributed by atoms with E-state index in [1.54, 1.807) is 42.1 Å². The molecule has 0 spiro atoms. The van der Waals surface area contributed by atoms with Gasteiger partial charge in [-0.25, -0.2) is 4.39 Å². The largest absolute Gasteiger partial charge is 0.488 e. The van der Waals surface area contributed by atoms with Crippen molar-refractivity contribution in [3.05, 3.63) is 100 Å². The first-order valence-electron chi connectivity index (χ1n) is 9.19. The Morgan fingerprint density at radius 1 is 1.03 bits per heavy atom. The van der Waals surface area contributed by atoms with Crippen LogP contribution in [0.2, 0.25) is 5.02 Å². The third-order valence-corrected chi connectivity index (χ3v) is 5.41. The van der Waals surface area contributed by atoms with Crippen LogP contribution in [0.5, 0.6) is 5.75 Å². The second-order valence-electron chi connectivity index (χ2n) is 6.31. The summed E-state index contributed by atoms with van der Waals surface area (Å²) < 4.78 is 19.4. The molecule has 3 nitrogen and oxygen atoms in total. The normalized spacial score (nSPS) is 10.6. The Balaban J connectivity index is 1.51. The Morgan fingerprint density at radius 2 is 1.79 bits per heavy atom. The van der Waals surface area contributed by atoms with Crippen molar-refractivity contribution in [3.8, 4) is 5.75 Å². The Kier molecular flexibility index (Phi) is 7.96. The zero-order valence-electron chi connectivity index (χ0n) is 15.7. The molecule has 0 aromatic heterocycles. The van der Waals surface area contributed by atoms with Gasteiger partial charge in [-0.15, -0.1) is 0 Å². The number of nitrogens with one attached hydrogen (secondary N) is 1. The standard InChI is InChI=1S/C23H21ClFNO2S/c24-19-10-11-22(28-15-17-6-2-1-3-7-17)20(14-19)23(27)26-12-13-29-16-18-8-4-5-9-21(18)25/h1-11,14H,12-13,15-16H2,(H,26,27). The highest BCUT2D eigenvalue weighted by atomic mass is 35.5. The van der Waals surface area contributed by atoms with E-state index >= 15 is 0 Å².